The quantitative estimate of drug-likeness (QED) is 0.163. The molecule has 2 heterocycles. The number of hydrogen-bond donors (Lipinski definition) is 4. The summed E-state index contributed by atoms with van der Waals surface area (Å²) in [6, 6.07) is 17.0. The molecule has 1 fully saturated rings. The van der Waals surface area contributed by atoms with E-state index in [0.717, 1.165) is 47.9 Å². The molecule has 1 saturated carbocycles. The largest absolute Gasteiger partial charge is 0.444 e. The SMILES string of the molecule is CC(C)(C)OC(=O)NCC1CCC(C(=O)C[C@@H](Cc2ccc(-c3cncc(N)c3)cc2)C(=O)Nc2ccc(-c3nn[nH]n3)cc2)CC1. The van der Waals surface area contributed by atoms with Crippen LogP contribution in [-0.2, 0) is 20.7 Å². The number of H-pyrrole nitrogens is 1. The molecule has 47 heavy (non-hydrogen) atoms. The van der Waals surface area contributed by atoms with Crippen molar-refractivity contribution < 1.29 is 19.1 Å². The number of amides is 2. The molecule has 5 N–H and O–H groups in total. The highest BCUT2D eigenvalue weighted by Gasteiger charge is 2.31. The van der Waals surface area contributed by atoms with Gasteiger partial charge in [-0.3, -0.25) is 14.6 Å². The fourth-order valence-electron chi connectivity index (χ4n) is 5.86. The number of nitrogen functional groups attached to an aromatic ring is 1. The Bertz CT molecular complexity index is 1640. The predicted octanol–water partition coefficient (Wildman–Crippen LogP) is 5.60. The number of nitrogens with one attached hydrogen (secondary N) is 3. The van der Waals surface area contributed by atoms with E-state index in [2.05, 4.69) is 36.2 Å². The van der Waals surface area contributed by atoms with Crippen LogP contribution in [0.25, 0.3) is 22.5 Å². The van der Waals surface area contributed by atoms with E-state index in [9.17, 15) is 14.4 Å². The van der Waals surface area contributed by atoms with Crippen molar-refractivity contribution in [2.75, 3.05) is 17.6 Å². The third-order valence-corrected chi connectivity index (χ3v) is 8.34. The van der Waals surface area contributed by atoms with Gasteiger partial charge in [0.25, 0.3) is 0 Å². The fourth-order valence-corrected chi connectivity index (χ4v) is 5.86. The second kappa shape index (κ2) is 15.0. The number of ether oxygens (including phenoxy) is 1. The molecule has 0 unspecified atom stereocenters. The number of aromatic amines is 1. The van der Waals surface area contributed by atoms with E-state index in [1.807, 2.05) is 51.1 Å². The average molecular weight is 639 g/mol. The number of tetrazole rings is 1. The molecule has 2 aromatic heterocycles. The monoisotopic (exact) mass is 638 g/mol. The number of ketones is 1. The maximum atomic E-state index is 13.7. The van der Waals surface area contributed by atoms with E-state index in [4.69, 9.17) is 10.5 Å². The Balaban J connectivity index is 1.23. The highest BCUT2D eigenvalue weighted by atomic mass is 16.6. The molecule has 12 nitrogen and oxygen atoms in total. The van der Waals surface area contributed by atoms with Crippen LogP contribution < -0.4 is 16.4 Å². The second-order valence-electron chi connectivity index (χ2n) is 13.2. The number of anilines is 2. The molecule has 0 radical (unpaired) electrons. The van der Waals surface area contributed by atoms with Gasteiger partial charge in [-0.15, -0.1) is 10.2 Å². The van der Waals surface area contributed by atoms with E-state index in [1.165, 1.54) is 0 Å². The molecular weight excluding hydrogens is 596 g/mol. The molecule has 12 heteroatoms. The van der Waals surface area contributed by atoms with Gasteiger partial charge >= 0.3 is 6.09 Å². The number of aromatic nitrogens is 5. The zero-order valence-electron chi connectivity index (χ0n) is 27.0. The Kier molecular flexibility index (Phi) is 10.6. The first kappa shape index (κ1) is 33.2. The molecule has 246 valence electrons. The van der Waals surface area contributed by atoms with E-state index in [-0.39, 0.29) is 29.9 Å². The maximum absolute atomic E-state index is 13.7. The third kappa shape index (κ3) is 9.68. The summed E-state index contributed by atoms with van der Waals surface area (Å²) < 4.78 is 5.34. The number of benzene rings is 2. The normalized spacial score (nSPS) is 17.0. The van der Waals surface area contributed by atoms with Crippen LogP contribution in [0.2, 0.25) is 0 Å². The molecule has 2 aromatic carbocycles. The summed E-state index contributed by atoms with van der Waals surface area (Å²) in [5.41, 5.74) is 10.1. The van der Waals surface area contributed by atoms with Crippen LogP contribution in [0.1, 0.15) is 58.4 Å². The lowest BCUT2D eigenvalue weighted by molar-refractivity contribution is -0.129. The average Bonchev–Trinajstić information content (AvgIpc) is 3.59. The molecule has 1 aliphatic carbocycles. The van der Waals surface area contributed by atoms with Crippen molar-refractivity contribution in [2.45, 2.75) is 64.9 Å². The predicted molar refractivity (Wildman–Crippen MR) is 179 cm³/mol. The van der Waals surface area contributed by atoms with E-state index in [1.54, 1.807) is 36.7 Å². The number of alkyl carbamates (subject to hydrolysis) is 1. The molecule has 0 saturated heterocycles. The van der Waals surface area contributed by atoms with E-state index >= 15 is 0 Å². The number of carbonyl (C=O) groups is 3. The zero-order chi connectivity index (χ0) is 33.4. The third-order valence-electron chi connectivity index (χ3n) is 8.34. The molecular formula is C35H42N8O4. The number of pyridine rings is 1. The van der Waals surface area contributed by atoms with Crippen LogP contribution in [0, 0.1) is 17.8 Å². The lowest BCUT2D eigenvalue weighted by atomic mass is 9.77. The van der Waals surface area contributed by atoms with Gasteiger partial charge in [-0.25, -0.2) is 4.79 Å². The molecule has 0 aliphatic heterocycles. The van der Waals surface area contributed by atoms with Crippen LogP contribution >= 0.6 is 0 Å². The van der Waals surface area contributed by atoms with Gasteiger partial charge in [0.2, 0.25) is 11.7 Å². The number of Topliss-reactive ketones (excluding diaryl/α,β-unsaturated/α-hetero) is 1. The lowest BCUT2D eigenvalue weighted by Crippen LogP contribution is -2.37. The van der Waals surface area contributed by atoms with Gasteiger partial charge in [-0.05, 0) is 105 Å². The van der Waals surface area contributed by atoms with E-state index < -0.39 is 17.6 Å². The highest BCUT2D eigenvalue weighted by Crippen LogP contribution is 2.32. The van der Waals surface area contributed by atoms with Crippen LogP contribution in [0.3, 0.4) is 0 Å². The standard InChI is InChI=1S/C35H42N8O4/c1-35(2,3)47-34(46)38-19-23-6-10-25(11-7-23)31(44)18-27(16-22-4-8-24(9-5-22)28-17-29(36)21-37-20-28)33(45)39-30-14-12-26(13-15-30)32-40-42-43-41-32/h4-5,8-9,12-15,17,20-21,23,25,27H,6-7,10-11,16,18-19,36H2,1-3H3,(H,38,46)(H,39,45)(H,40,41,42,43)/t23?,25?,27-/m1/s1. The van der Waals surface area contributed by atoms with Gasteiger partial charge in [0.05, 0.1) is 5.69 Å². The Labute approximate surface area is 274 Å². The Morgan fingerprint density at radius 3 is 2.30 bits per heavy atom. The number of rotatable bonds is 11. The van der Waals surface area contributed by atoms with Crippen LogP contribution in [0.5, 0.6) is 0 Å². The van der Waals surface area contributed by atoms with Gasteiger partial charge in [0.15, 0.2) is 0 Å². The van der Waals surface area contributed by atoms with Crippen molar-refractivity contribution in [1.82, 2.24) is 30.9 Å². The van der Waals surface area contributed by atoms with Gasteiger partial charge in [-0.1, -0.05) is 24.3 Å². The maximum Gasteiger partial charge on any atom is 0.407 e. The van der Waals surface area contributed by atoms with Gasteiger partial charge in [0.1, 0.15) is 11.4 Å². The molecule has 0 bridgehead atoms. The fraction of sp³-hybridized carbons (Fsp3) is 0.400. The summed E-state index contributed by atoms with van der Waals surface area (Å²) in [5, 5.41) is 19.9. The number of nitrogens with zero attached hydrogens (tertiary/aromatic N) is 4. The molecule has 1 atom stereocenters. The van der Waals surface area contributed by atoms with Crippen molar-refractivity contribution >= 4 is 29.2 Å². The molecule has 4 aromatic rings. The summed E-state index contributed by atoms with van der Waals surface area (Å²) in [5.74, 6) is -0.0564. The van der Waals surface area contributed by atoms with Gasteiger partial charge in [0, 0.05) is 54.0 Å². The van der Waals surface area contributed by atoms with Crippen LogP contribution in [-0.4, -0.2) is 55.5 Å². The summed E-state index contributed by atoms with van der Waals surface area (Å²) in [6.45, 7) is 6.02. The minimum absolute atomic E-state index is 0.0959. The summed E-state index contributed by atoms with van der Waals surface area (Å²) in [7, 11) is 0. The van der Waals surface area contributed by atoms with Gasteiger partial charge in [-0.2, -0.15) is 5.21 Å². The minimum atomic E-state index is -0.564. The molecule has 2 amide bonds. The Morgan fingerprint density at radius 2 is 1.66 bits per heavy atom. The number of carbonyl (C=O) groups excluding carboxylic acids is 3. The topological polar surface area (TPSA) is 178 Å². The molecule has 0 spiro atoms. The van der Waals surface area contributed by atoms with Crippen molar-refractivity contribution in [3.05, 3.63) is 72.6 Å². The van der Waals surface area contributed by atoms with Crippen LogP contribution in [0.4, 0.5) is 16.2 Å². The number of nitrogens with two attached hydrogens (primary N) is 1. The van der Waals surface area contributed by atoms with Crippen molar-refractivity contribution in [2.24, 2.45) is 17.8 Å². The summed E-state index contributed by atoms with van der Waals surface area (Å²) in [4.78, 5) is 43.6. The molecule has 5 rings (SSSR count). The Hall–Kier alpha value is -5.13. The number of hydrogen-bond acceptors (Lipinski definition) is 9. The first-order chi connectivity index (χ1) is 22.5. The lowest BCUT2D eigenvalue weighted by Gasteiger charge is -2.29. The molecule has 1 aliphatic rings. The zero-order valence-corrected chi connectivity index (χ0v) is 27.0. The first-order valence-electron chi connectivity index (χ1n) is 16.0. The van der Waals surface area contributed by atoms with Crippen molar-refractivity contribution in [3.8, 4) is 22.5 Å². The Morgan fingerprint density at radius 1 is 0.957 bits per heavy atom. The first-order valence-corrected chi connectivity index (χ1v) is 16.0. The summed E-state index contributed by atoms with van der Waals surface area (Å²) in [6.07, 6.45) is 6.60. The minimum Gasteiger partial charge on any atom is -0.444 e. The van der Waals surface area contributed by atoms with E-state index in [0.29, 0.717) is 30.2 Å². The highest BCUT2D eigenvalue weighted by molar-refractivity contribution is 5.96. The van der Waals surface area contributed by atoms with Crippen LogP contribution in [0.15, 0.2) is 67.0 Å². The second-order valence-corrected chi connectivity index (χ2v) is 13.2. The van der Waals surface area contributed by atoms with Crippen molar-refractivity contribution in [3.63, 3.8) is 0 Å². The summed E-state index contributed by atoms with van der Waals surface area (Å²) >= 11 is 0. The smallest absolute Gasteiger partial charge is 0.407 e. The van der Waals surface area contributed by atoms with Crippen molar-refractivity contribution in [1.29, 1.82) is 0 Å². The van der Waals surface area contributed by atoms with Gasteiger partial charge < -0.3 is 21.1 Å².